The van der Waals surface area contributed by atoms with Crippen molar-refractivity contribution in [2.24, 2.45) is 0 Å². The molecular weight excluding hydrogens is 380 g/mol. The molecule has 0 aliphatic heterocycles. The van der Waals surface area contributed by atoms with Crippen molar-refractivity contribution in [2.75, 3.05) is 5.32 Å². The van der Waals surface area contributed by atoms with E-state index in [1.807, 2.05) is 19.1 Å². The summed E-state index contributed by atoms with van der Waals surface area (Å²) in [6.45, 7) is 1.81. The number of carbonyl (C=O) groups is 2. The van der Waals surface area contributed by atoms with Gasteiger partial charge in [0.25, 0.3) is 5.91 Å². The first-order valence-corrected chi connectivity index (χ1v) is 7.77. The Morgan fingerprint density at radius 1 is 1.13 bits per heavy atom. The standard InChI is InChI=1S/C16H13BrN2O3S/c1-9-4-2-3-5-11(9)14(20)19-16(23)18-13-7-6-10(17)8-12(13)15(21)22/h2-8H,1H3,(H,21,22)(H2,18,19,20,23)/p-1. The Morgan fingerprint density at radius 2 is 1.83 bits per heavy atom. The Kier molecular flexibility index (Phi) is 5.46. The summed E-state index contributed by atoms with van der Waals surface area (Å²) in [6, 6.07) is 11.7. The van der Waals surface area contributed by atoms with E-state index in [2.05, 4.69) is 26.6 Å². The average Bonchev–Trinajstić information content (AvgIpc) is 2.49. The van der Waals surface area contributed by atoms with Crippen LogP contribution in [0, 0.1) is 6.92 Å². The molecule has 0 unspecified atom stereocenters. The van der Waals surface area contributed by atoms with E-state index in [0.29, 0.717) is 10.0 Å². The highest BCUT2D eigenvalue weighted by atomic mass is 79.9. The van der Waals surface area contributed by atoms with Crippen LogP contribution in [-0.2, 0) is 0 Å². The number of halogens is 1. The van der Waals surface area contributed by atoms with Gasteiger partial charge in [-0.05, 0) is 49.0 Å². The Morgan fingerprint density at radius 3 is 2.48 bits per heavy atom. The SMILES string of the molecule is Cc1ccccc1C(=O)NC(=S)Nc1ccc(Br)cc1C(=O)[O-]. The zero-order valence-corrected chi connectivity index (χ0v) is 14.5. The number of nitrogens with one attached hydrogen (secondary N) is 2. The van der Waals surface area contributed by atoms with Crippen LogP contribution in [0.5, 0.6) is 0 Å². The molecule has 0 heterocycles. The number of carboxylic acid groups (broad SMARTS) is 1. The summed E-state index contributed by atoms with van der Waals surface area (Å²) in [4.78, 5) is 23.3. The van der Waals surface area contributed by atoms with Crippen LogP contribution in [0.25, 0.3) is 0 Å². The predicted molar refractivity (Wildman–Crippen MR) is 93.3 cm³/mol. The highest BCUT2D eigenvalue weighted by molar-refractivity contribution is 9.10. The largest absolute Gasteiger partial charge is 0.545 e. The van der Waals surface area contributed by atoms with E-state index in [9.17, 15) is 14.7 Å². The second-order valence-electron chi connectivity index (χ2n) is 4.70. The van der Waals surface area contributed by atoms with E-state index in [4.69, 9.17) is 12.2 Å². The minimum atomic E-state index is -1.35. The summed E-state index contributed by atoms with van der Waals surface area (Å²) in [5.74, 6) is -1.71. The normalized spacial score (nSPS) is 10.0. The molecule has 5 nitrogen and oxygen atoms in total. The Hall–Kier alpha value is -2.25. The molecule has 2 rings (SSSR count). The first kappa shape index (κ1) is 17.1. The summed E-state index contributed by atoms with van der Waals surface area (Å²) in [7, 11) is 0. The van der Waals surface area contributed by atoms with Crippen molar-refractivity contribution in [1.29, 1.82) is 0 Å². The van der Waals surface area contributed by atoms with E-state index >= 15 is 0 Å². The molecule has 2 aromatic carbocycles. The number of carbonyl (C=O) groups excluding carboxylic acids is 2. The number of hydrogen-bond acceptors (Lipinski definition) is 4. The molecule has 0 fully saturated rings. The molecule has 0 aromatic heterocycles. The van der Waals surface area contributed by atoms with Gasteiger partial charge in [0.1, 0.15) is 0 Å². The third kappa shape index (κ3) is 4.37. The van der Waals surface area contributed by atoms with Crippen LogP contribution in [0.2, 0.25) is 0 Å². The number of aryl methyl sites for hydroxylation is 1. The van der Waals surface area contributed by atoms with Crippen LogP contribution in [-0.4, -0.2) is 17.0 Å². The zero-order valence-electron chi connectivity index (χ0n) is 12.1. The van der Waals surface area contributed by atoms with E-state index in [1.54, 1.807) is 18.2 Å². The van der Waals surface area contributed by atoms with Gasteiger partial charge in [-0.3, -0.25) is 10.1 Å². The molecule has 0 saturated heterocycles. The van der Waals surface area contributed by atoms with Gasteiger partial charge >= 0.3 is 0 Å². The van der Waals surface area contributed by atoms with E-state index < -0.39 is 5.97 Å². The number of aromatic carboxylic acids is 1. The smallest absolute Gasteiger partial charge is 0.257 e. The lowest BCUT2D eigenvalue weighted by molar-refractivity contribution is -0.254. The van der Waals surface area contributed by atoms with Gasteiger partial charge in [0.15, 0.2) is 5.11 Å². The number of hydrogen-bond donors (Lipinski definition) is 2. The monoisotopic (exact) mass is 391 g/mol. The van der Waals surface area contributed by atoms with Crippen molar-refractivity contribution < 1.29 is 14.7 Å². The van der Waals surface area contributed by atoms with Gasteiger partial charge in [0.05, 0.1) is 5.97 Å². The zero-order chi connectivity index (χ0) is 17.0. The summed E-state index contributed by atoms with van der Waals surface area (Å²) >= 11 is 8.25. The van der Waals surface area contributed by atoms with Gasteiger partial charge in [-0.1, -0.05) is 34.1 Å². The fourth-order valence-corrected chi connectivity index (χ4v) is 2.51. The van der Waals surface area contributed by atoms with E-state index in [-0.39, 0.29) is 22.3 Å². The van der Waals surface area contributed by atoms with Crippen molar-refractivity contribution in [3.63, 3.8) is 0 Å². The lowest BCUT2D eigenvalue weighted by Crippen LogP contribution is -2.35. The molecule has 23 heavy (non-hydrogen) atoms. The maximum Gasteiger partial charge on any atom is 0.257 e. The molecule has 0 aliphatic carbocycles. The molecule has 2 N–H and O–H groups in total. The highest BCUT2D eigenvalue weighted by Crippen LogP contribution is 2.20. The van der Waals surface area contributed by atoms with Crippen LogP contribution >= 0.6 is 28.1 Å². The summed E-state index contributed by atoms with van der Waals surface area (Å²) < 4.78 is 0.595. The number of benzene rings is 2. The number of carboxylic acids is 1. The third-order valence-corrected chi connectivity index (χ3v) is 3.76. The molecule has 0 atom stereocenters. The number of anilines is 1. The molecule has 118 valence electrons. The fourth-order valence-electron chi connectivity index (χ4n) is 1.95. The fraction of sp³-hybridized carbons (Fsp3) is 0.0625. The molecule has 0 saturated carbocycles. The van der Waals surface area contributed by atoms with Crippen LogP contribution in [0.15, 0.2) is 46.9 Å². The van der Waals surface area contributed by atoms with Crippen LogP contribution < -0.4 is 15.7 Å². The van der Waals surface area contributed by atoms with Gasteiger partial charge in [-0.2, -0.15) is 0 Å². The van der Waals surface area contributed by atoms with Crippen molar-refractivity contribution in [3.05, 3.63) is 63.6 Å². The van der Waals surface area contributed by atoms with Crippen molar-refractivity contribution >= 4 is 50.8 Å². The second-order valence-corrected chi connectivity index (χ2v) is 6.02. The molecule has 0 aliphatic rings. The van der Waals surface area contributed by atoms with Crippen molar-refractivity contribution in [2.45, 2.75) is 6.92 Å². The predicted octanol–water partition coefficient (Wildman–Crippen LogP) is 2.25. The van der Waals surface area contributed by atoms with Crippen LogP contribution in [0.4, 0.5) is 5.69 Å². The molecule has 0 spiro atoms. The van der Waals surface area contributed by atoms with Gasteiger partial charge in [-0.25, -0.2) is 0 Å². The quantitative estimate of drug-likeness (QED) is 0.784. The first-order chi connectivity index (χ1) is 10.9. The molecular formula is C16H12BrN2O3S-. The maximum atomic E-state index is 12.2. The molecule has 0 radical (unpaired) electrons. The third-order valence-electron chi connectivity index (χ3n) is 3.07. The molecule has 7 heteroatoms. The van der Waals surface area contributed by atoms with Crippen LogP contribution in [0.3, 0.4) is 0 Å². The molecule has 0 bridgehead atoms. The lowest BCUT2D eigenvalue weighted by atomic mass is 10.1. The Balaban J connectivity index is 2.13. The van der Waals surface area contributed by atoms with Crippen molar-refractivity contribution in [3.8, 4) is 0 Å². The lowest BCUT2D eigenvalue weighted by Gasteiger charge is -2.15. The van der Waals surface area contributed by atoms with Gasteiger partial charge in [0, 0.05) is 21.3 Å². The number of amides is 1. The Labute approximate surface area is 146 Å². The highest BCUT2D eigenvalue weighted by Gasteiger charge is 2.11. The van der Waals surface area contributed by atoms with Gasteiger partial charge in [0.2, 0.25) is 0 Å². The maximum absolute atomic E-state index is 12.2. The van der Waals surface area contributed by atoms with Gasteiger partial charge < -0.3 is 15.2 Å². The second kappa shape index (κ2) is 7.34. The minimum Gasteiger partial charge on any atom is -0.545 e. The molecule has 2 aromatic rings. The average molecular weight is 392 g/mol. The van der Waals surface area contributed by atoms with Crippen molar-refractivity contribution in [1.82, 2.24) is 5.32 Å². The van der Waals surface area contributed by atoms with Gasteiger partial charge in [-0.15, -0.1) is 0 Å². The van der Waals surface area contributed by atoms with E-state index in [0.717, 1.165) is 5.56 Å². The minimum absolute atomic E-state index is 0.00285. The van der Waals surface area contributed by atoms with Crippen LogP contribution in [0.1, 0.15) is 26.3 Å². The number of thiocarbonyl (C=S) groups is 1. The Bertz CT molecular complexity index is 793. The number of rotatable bonds is 3. The molecule has 1 amide bonds. The topological polar surface area (TPSA) is 81.3 Å². The van der Waals surface area contributed by atoms with E-state index in [1.165, 1.54) is 12.1 Å². The first-order valence-electron chi connectivity index (χ1n) is 6.57. The summed E-state index contributed by atoms with van der Waals surface area (Å²) in [5.41, 5.74) is 1.48. The summed E-state index contributed by atoms with van der Waals surface area (Å²) in [6.07, 6.45) is 0. The summed E-state index contributed by atoms with van der Waals surface area (Å²) in [5, 5.41) is 16.4.